The van der Waals surface area contributed by atoms with E-state index >= 15 is 0 Å². The quantitative estimate of drug-likeness (QED) is 0.771. The van der Waals surface area contributed by atoms with Gasteiger partial charge in [0.15, 0.2) is 6.29 Å². The van der Waals surface area contributed by atoms with Gasteiger partial charge in [-0.05, 0) is 42.7 Å². The normalized spacial score (nSPS) is 33.4. The van der Waals surface area contributed by atoms with E-state index in [0.29, 0.717) is 25.0 Å². The molecule has 1 saturated heterocycles. The summed E-state index contributed by atoms with van der Waals surface area (Å²) in [5, 5.41) is 0. The van der Waals surface area contributed by atoms with E-state index in [1.807, 2.05) is 0 Å². The summed E-state index contributed by atoms with van der Waals surface area (Å²) in [4.78, 5) is 0. The Balaban J connectivity index is 1.55. The second-order valence-corrected chi connectivity index (χ2v) is 7.30. The average molecular weight is 324 g/mol. The van der Waals surface area contributed by atoms with E-state index in [0.717, 1.165) is 17.9 Å². The molecule has 1 aromatic rings. The molecule has 0 aromatic heterocycles. The Bertz CT molecular complexity index is 518. The first-order chi connectivity index (χ1) is 11.0. The minimum atomic E-state index is -0.717. The molecule has 1 aromatic carbocycles. The lowest BCUT2D eigenvalue weighted by Crippen LogP contribution is -2.35. The van der Waals surface area contributed by atoms with Gasteiger partial charge in [0.25, 0.3) is 0 Å². The molecule has 2 fully saturated rings. The van der Waals surface area contributed by atoms with Crippen LogP contribution in [0.25, 0.3) is 0 Å². The third kappa shape index (κ3) is 3.92. The predicted octanol–water partition coefficient (Wildman–Crippen LogP) is 5.09. The van der Waals surface area contributed by atoms with Crippen molar-refractivity contribution in [2.75, 3.05) is 13.2 Å². The molecule has 1 heterocycles. The molecule has 1 unspecified atom stereocenters. The second kappa shape index (κ2) is 7.27. The maximum absolute atomic E-state index is 13.8. The van der Waals surface area contributed by atoms with E-state index in [2.05, 4.69) is 13.8 Å². The molecule has 1 atom stereocenters. The van der Waals surface area contributed by atoms with Crippen molar-refractivity contribution in [1.29, 1.82) is 0 Å². The van der Waals surface area contributed by atoms with Gasteiger partial charge in [0.1, 0.15) is 11.6 Å². The zero-order chi connectivity index (χ0) is 16.4. The molecule has 0 spiro atoms. The molecule has 2 nitrogen and oxygen atoms in total. The van der Waals surface area contributed by atoms with Crippen LogP contribution in [-0.4, -0.2) is 13.2 Å². The van der Waals surface area contributed by atoms with Crippen LogP contribution < -0.4 is 0 Å². The number of halogens is 2. The van der Waals surface area contributed by atoms with Gasteiger partial charge in [0.2, 0.25) is 0 Å². The lowest BCUT2D eigenvalue weighted by atomic mass is 9.73. The Hall–Kier alpha value is -1.00. The molecule has 2 aliphatic rings. The van der Waals surface area contributed by atoms with Crippen molar-refractivity contribution in [1.82, 2.24) is 0 Å². The minimum absolute atomic E-state index is 0.281. The van der Waals surface area contributed by atoms with Crippen molar-refractivity contribution in [3.8, 4) is 0 Å². The maximum Gasteiger partial charge on any atom is 0.186 e. The van der Waals surface area contributed by atoms with Crippen molar-refractivity contribution in [3.05, 3.63) is 35.4 Å². The third-order valence-corrected chi connectivity index (χ3v) is 5.69. The van der Waals surface area contributed by atoms with E-state index in [1.165, 1.54) is 37.8 Å². The molecule has 0 radical (unpaired) electrons. The Kier molecular flexibility index (Phi) is 5.32. The Morgan fingerprint density at radius 1 is 1.00 bits per heavy atom. The topological polar surface area (TPSA) is 18.5 Å². The fraction of sp³-hybridized carbons (Fsp3) is 0.684. The van der Waals surface area contributed by atoms with Crippen molar-refractivity contribution >= 4 is 0 Å². The Morgan fingerprint density at radius 3 is 2.26 bits per heavy atom. The molecule has 0 bridgehead atoms. The van der Waals surface area contributed by atoms with Gasteiger partial charge in [-0.2, -0.15) is 0 Å². The molecular formula is C19H26F2O2. The number of hydrogen-bond donors (Lipinski definition) is 0. The van der Waals surface area contributed by atoms with Crippen LogP contribution in [-0.2, 0) is 9.47 Å². The molecular weight excluding hydrogens is 298 g/mol. The van der Waals surface area contributed by atoms with Crippen LogP contribution >= 0.6 is 0 Å². The zero-order valence-corrected chi connectivity index (χ0v) is 13.9. The monoisotopic (exact) mass is 324 g/mol. The first-order valence-electron chi connectivity index (χ1n) is 8.72. The number of benzene rings is 1. The average Bonchev–Trinajstić information content (AvgIpc) is 2.55. The fourth-order valence-corrected chi connectivity index (χ4v) is 3.89. The third-order valence-electron chi connectivity index (χ3n) is 5.69. The summed E-state index contributed by atoms with van der Waals surface area (Å²) < 4.78 is 38.3. The second-order valence-electron chi connectivity index (χ2n) is 7.30. The van der Waals surface area contributed by atoms with Gasteiger partial charge < -0.3 is 9.47 Å². The van der Waals surface area contributed by atoms with Gasteiger partial charge >= 0.3 is 0 Å². The maximum atomic E-state index is 13.8. The molecule has 128 valence electrons. The summed E-state index contributed by atoms with van der Waals surface area (Å²) in [5.74, 6) is 1.31. The van der Waals surface area contributed by atoms with Crippen LogP contribution in [0.2, 0.25) is 0 Å². The summed E-state index contributed by atoms with van der Waals surface area (Å²) in [5.41, 5.74) is 0.281. The van der Waals surface area contributed by atoms with E-state index in [4.69, 9.17) is 9.47 Å². The van der Waals surface area contributed by atoms with Gasteiger partial charge in [-0.3, -0.25) is 0 Å². The highest BCUT2D eigenvalue weighted by Crippen LogP contribution is 2.38. The molecule has 4 heteroatoms. The van der Waals surface area contributed by atoms with E-state index < -0.39 is 17.9 Å². The van der Waals surface area contributed by atoms with Gasteiger partial charge in [-0.25, -0.2) is 8.78 Å². The smallest absolute Gasteiger partial charge is 0.186 e. The highest BCUT2D eigenvalue weighted by Gasteiger charge is 2.33. The van der Waals surface area contributed by atoms with Crippen LogP contribution in [0.1, 0.15) is 51.4 Å². The summed E-state index contributed by atoms with van der Waals surface area (Å²) in [6.07, 6.45) is 4.48. The summed E-state index contributed by atoms with van der Waals surface area (Å²) >= 11 is 0. The highest BCUT2D eigenvalue weighted by molar-refractivity contribution is 5.20. The van der Waals surface area contributed by atoms with Gasteiger partial charge in [-0.15, -0.1) is 0 Å². The SMILES string of the molecule is CC1CCC(C(C)C2COC(c3ccc(F)cc3F)OC2)CC1. The molecule has 0 N–H and O–H groups in total. The fourth-order valence-electron chi connectivity index (χ4n) is 3.89. The Morgan fingerprint density at radius 2 is 1.65 bits per heavy atom. The molecule has 1 saturated carbocycles. The van der Waals surface area contributed by atoms with E-state index in [-0.39, 0.29) is 5.56 Å². The van der Waals surface area contributed by atoms with Crippen LogP contribution in [0.3, 0.4) is 0 Å². The first-order valence-corrected chi connectivity index (χ1v) is 8.72. The highest BCUT2D eigenvalue weighted by atomic mass is 19.1. The van der Waals surface area contributed by atoms with Gasteiger partial charge in [0, 0.05) is 17.5 Å². The lowest BCUT2D eigenvalue weighted by Gasteiger charge is -2.38. The summed E-state index contributed by atoms with van der Waals surface area (Å²) in [6.45, 7) is 5.77. The number of ether oxygens (including phenoxy) is 2. The predicted molar refractivity (Wildman–Crippen MR) is 84.8 cm³/mol. The largest absolute Gasteiger partial charge is 0.348 e. The lowest BCUT2D eigenvalue weighted by molar-refractivity contribution is -0.216. The molecule has 0 amide bonds. The number of hydrogen-bond acceptors (Lipinski definition) is 2. The van der Waals surface area contributed by atoms with E-state index in [1.54, 1.807) is 0 Å². The first kappa shape index (κ1) is 16.8. The molecule has 1 aliphatic carbocycles. The molecule has 23 heavy (non-hydrogen) atoms. The van der Waals surface area contributed by atoms with Crippen molar-refractivity contribution in [2.24, 2.45) is 23.7 Å². The van der Waals surface area contributed by atoms with Crippen LogP contribution in [0.5, 0.6) is 0 Å². The van der Waals surface area contributed by atoms with Crippen molar-refractivity contribution < 1.29 is 18.3 Å². The van der Waals surface area contributed by atoms with Crippen LogP contribution in [0.15, 0.2) is 18.2 Å². The van der Waals surface area contributed by atoms with E-state index in [9.17, 15) is 8.78 Å². The minimum Gasteiger partial charge on any atom is -0.348 e. The van der Waals surface area contributed by atoms with Crippen LogP contribution in [0.4, 0.5) is 8.78 Å². The zero-order valence-electron chi connectivity index (χ0n) is 13.9. The summed E-state index contributed by atoms with van der Waals surface area (Å²) in [6, 6.07) is 3.52. The van der Waals surface area contributed by atoms with Gasteiger partial charge in [-0.1, -0.05) is 26.7 Å². The van der Waals surface area contributed by atoms with Gasteiger partial charge in [0.05, 0.1) is 13.2 Å². The van der Waals surface area contributed by atoms with Crippen molar-refractivity contribution in [2.45, 2.75) is 45.8 Å². The Labute approximate surface area is 137 Å². The molecule has 1 aliphatic heterocycles. The molecule has 3 rings (SSSR count). The number of rotatable bonds is 3. The standard InChI is InChI=1S/C19H26F2O2/c1-12-3-5-14(6-4-12)13(2)15-10-22-19(23-11-15)17-8-7-16(20)9-18(17)21/h7-9,12-15,19H,3-6,10-11H2,1-2H3. The van der Waals surface area contributed by atoms with Crippen molar-refractivity contribution in [3.63, 3.8) is 0 Å². The summed E-state index contributed by atoms with van der Waals surface area (Å²) in [7, 11) is 0. The van der Waals surface area contributed by atoms with Crippen LogP contribution in [0, 0.1) is 35.3 Å².